The maximum atomic E-state index is 7.00. The topological polar surface area (TPSA) is 20.2 Å². The van der Waals surface area contributed by atoms with Crippen LogP contribution >= 0.6 is 0 Å². The van der Waals surface area contributed by atoms with Crippen molar-refractivity contribution in [2.24, 2.45) is 0 Å². The molecular formula is C13H28O. The van der Waals surface area contributed by atoms with Crippen LogP contribution in [0, 0.1) is 0 Å². The lowest BCUT2D eigenvalue weighted by molar-refractivity contribution is 0.399. The first kappa shape index (κ1) is 23.2. The lowest BCUT2D eigenvalue weighted by Crippen LogP contribution is -1.47. The Kier molecular flexibility index (Phi) is 94.0. The van der Waals surface area contributed by atoms with E-state index in [-0.39, 0.29) is 0 Å². The highest BCUT2D eigenvalue weighted by Crippen LogP contribution is 1.79. The van der Waals surface area contributed by atoms with Gasteiger partial charge in [0.2, 0.25) is 0 Å². The van der Waals surface area contributed by atoms with Crippen LogP contribution in [-0.2, 0) is 0 Å². The Balaban J connectivity index is -0.0000000542. The van der Waals surface area contributed by atoms with E-state index in [4.69, 9.17) is 5.11 Å². The van der Waals surface area contributed by atoms with E-state index in [0.29, 0.717) is 0 Å². The third-order valence-corrected chi connectivity index (χ3v) is 0.667. The van der Waals surface area contributed by atoms with Gasteiger partial charge in [-0.2, -0.15) is 0 Å². The first-order chi connectivity index (χ1) is 7.00. The Labute approximate surface area is 90.8 Å². The summed E-state index contributed by atoms with van der Waals surface area (Å²) in [6, 6.07) is 12.0. The van der Waals surface area contributed by atoms with Crippen LogP contribution in [-0.4, -0.2) is 12.2 Å². The molecule has 1 aromatic rings. The number of hydrogen-bond donors (Lipinski definition) is 1. The van der Waals surface area contributed by atoms with Crippen LogP contribution in [0.2, 0.25) is 0 Å². The number of aliphatic hydroxyl groups is 1. The third kappa shape index (κ3) is 43.2. The fourth-order valence-corrected chi connectivity index (χ4v) is 0.385. The Morgan fingerprint density at radius 2 is 0.500 bits per heavy atom. The number of hydrogen-bond acceptors (Lipinski definition) is 1. The second kappa shape index (κ2) is 56.7. The Morgan fingerprint density at radius 3 is 0.571 bits per heavy atom. The molecule has 0 aliphatic heterocycles. The Hall–Kier alpha value is -0.820. The van der Waals surface area contributed by atoms with Gasteiger partial charge in [-0.1, -0.05) is 77.9 Å². The number of aliphatic hydroxyl groups excluding tert-OH is 1. The average molecular weight is 200 g/mol. The fourth-order valence-electron chi connectivity index (χ4n) is 0.385. The molecule has 0 fully saturated rings. The van der Waals surface area contributed by atoms with E-state index in [1.807, 2.05) is 77.9 Å². The first-order valence-electron chi connectivity index (χ1n) is 5.45. The van der Waals surface area contributed by atoms with Gasteiger partial charge in [0.1, 0.15) is 0 Å². The van der Waals surface area contributed by atoms with Crippen LogP contribution in [0.1, 0.15) is 41.5 Å². The maximum absolute atomic E-state index is 7.00. The molecule has 0 bridgehead atoms. The van der Waals surface area contributed by atoms with Crippen LogP contribution in [0.3, 0.4) is 0 Å². The predicted octanol–water partition coefficient (Wildman–Crippen LogP) is 4.37. The maximum Gasteiger partial charge on any atom is 0.0319 e. The van der Waals surface area contributed by atoms with Gasteiger partial charge >= 0.3 is 0 Å². The highest BCUT2D eigenvalue weighted by molar-refractivity contribution is 4.99. The van der Waals surface area contributed by atoms with Crippen LogP contribution < -0.4 is 0 Å². The van der Waals surface area contributed by atoms with E-state index in [1.165, 1.54) is 0 Å². The Bertz CT molecular complexity index is 77.2. The standard InChI is InChI=1S/C6H6.3C2H6.CH4O/c1-2-4-6-5-3-1;4*1-2/h1-6H;3*1-2H3;2H,1H3. The van der Waals surface area contributed by atoms with Gasteiger partial charge < -0.3 is 5.11 Å². The molecule has 1 nitrogen and oxygen atoms in total. The molecule has 1 rings (SSSR count). The molecule has 0 atom stereocenters. The zero-order chi connectivity index (χ0) is 12.2. The van der Waals surface area contributed by atoms with Crippen molar-refractivity contribution in [3.8, 4) is 0 Å². The van der Waals surface area contributed by atoms with Crippen LogP contribution in [0.25, 0.3) is 0 Å². The van der Waals surface area contributed by atoms with Gasteiger partial charge in [-0.15, -0.1) is 0 Å². The average Bonchev–Trinajstić information content (AvgIpc) is 2.41. The summed E-state index contributed by atoms with van der Waals surface area (Å²) in [5, 5.41) is 7.00. The van der Waals surface area contributed by atoms with Crippen molar-refractivity contribution >= 4 is 0 Å². The smallest absolute Gasteiger partial charge is 0.0319 e. The van der Waals surface area contributed by atoms with Gasteiger partial charge in [-0.05, 0) is 0 Å². The van der Waals surface area contributed by atoms with Gasteiger partial charge in [0.25, 0.3) is 0 Å². The van der Waals surface area contributed by atoms with Gasteiger partial charge in [0.15, 0.2) is 0 Å². The minimum absolute atomic E-state index is 1.00. The van der Waals surface area contributed by atoms with Gasteiger partial charge in [0, 0.05) is 7.11 Å². The molecule has 0 unspecified atom stereocenters. The summed E-state index contributed by atoms with van der Waals surface area (Å²) in [7, 11) is 1.00. The van der Waals surface area contributed by atoms with Crippen molar-refractivity contribution in [3.63, 3.8) is 0 Å². The molecule has 0 saturated heterocycles. The molecule has 0 aromatic heterocycles. The zero-order valence-electron chi connectivity index (χ0n) is 10.9. The van der Waals surface area contributed by atoms with Gasteiger partial charge in [-0.25, -0.2) is 0 Å². The van der Waals surface area contributed by atoms with Crippen molar-refractivity contribution in [3.05, 3.63) is 36.4 Å². The van der Waals surface area contributed by atoms with Gasteiger partial charge in [-0.3, -0.25) is 0 Å². The molecule has 0 heterocycles. The number of benzene rings is 1. The minimum Gasteiger partial charge on any atom is -0.400 e. The van der Waals surface area contributed by atoms with E-state index in [2.05, 4.69) is 0 Å². The summed E-state index contributed by atoms with van der Waals surface area (Å²) in [5.74, 6) is 0. The second-order valence-electron chi connectivity index (χ2n) is 1.15. The monoisotopic (exact) mass is 200 g/mol. The van der Waals surface area contributed by atoms with E-state index in [1.54, 1.807) is 0 Å². The van der Waals surface area contributed by atoms with Crippen molar-refractivity contribution in [2.75, 3.05) is 7.11 Å². The van der Waals surface area contributed by atoms with Gasteiger partial charge in [0.05, 0.1) is 0 Å². The summed E-state index contributed by atoms with van der Waals surface area (Å²) in [4.78, 5) is 0. The lowest BCUT2D eigenvalue weighted by Gasteiger charge is -1.69. The summed E-state index contributed by atoms with van der Waals surface area (Å²) in [6.45, 7) is 12.0. The molecule has 0 aliphatic carbocycles. The summed E-state index contributed by atoms with van der Waals surface area (Å²) in [6.07, 6.45) is 0. The molecular weight excluding hydrogens is 172 g/mol. The van der Waals surface area contributed by atoms with Crippen molar-refractivity contribution in [2.45, 2.75) is 41.5 Å². The second-order valence-corrected chi connectivity index (χ2v) is 1.15. The molecule has 1 N–H and O–H groups in total. The molecule has 14 heavy (non-hydrogen) atoms. The largest absolute Gasteiger partial charge is 0.400 e. The predicted molar refractivity (Wildman–Crippen MR) is 68.6 cm³/mol. The molecule has 86 valence electrons. The fraction of sp³-hybridized carbons (Fsp3) is 0.538. The van der Waals surface area contributed by atoms with Crippen LogP contribution in [0.5, 0.6) is 0 Å². The quantitative estimate of drug-likeness (QED) is 0.659. The minimum atomic E-state index is 1.00. The van der Waals surface area contributed by atoms with Crippen molar-refractivity contribution < 1.29 is 5.11 Å². The van der Waals surface area contributed by atoms with E-state index in [0.717, 1.165) is 7.11 Å². The lowest BCUT2D eigenvalue weighted by atomic mass is 10.4. The summed E-state index contributed by atoms with van der Waals surface area (Å²) in [5.41, 5.74) is 0. The SMILES string of the molecule is CC.CC.CC.CO.c1ccccc1. The summed E-state index contributed by atoms with van der Waals surface area (Å²) >= 11 is 0. The van der Waals surface area contributed by atoms with Crippen molar-refractivity contribution in [1.29, 1.82) is 0 Å². The zero-order valence-corrected chi connectivity index (χ0v) is 10.9. The molecule has 0 radical (unpaired) electrons. The molecule has 1 heteroatoms. The van der Waals surface area contributed by atoms with Crippen LogP contribution in [0.15, 0.2) is 36.4 Å². The normalized spacial score (nSPS) is 5.14. The molecule has 0 amide bonds. The molecule has 0 spiro atoms. The van der Waals surface area contributed by atoms with E-state index < -0.39 is 0 Å². The van der Waals surface area contributed by atoms with E-state index in [9.17, 15) is 0 Å². The highest BCUT2D eigenvalue weighted by Gasteiger charge is 1.57. The molecule has 0 aliphatic rings. The third-order valence-electron chi connectivity index (χ3n) is 0.667. The Morgan fingerprint density at radius 1 is 0.429 bits per heavy atom. The summed E-state index contributed by atoms with van der Waals surface area (Å²) < 4.78 is 0. The number of rotatable bonds is 0. The molecule has 1 aromatic carbocycles. The van der Waals surface area contributed by atoms with Crippen molar-refractivity contribution in [1.82, 2.24) is 0 Å². The first-order valence-corrected chi connectivity index (χ1v) is 5.45. The van der Waals surface area contributed by atoms with E-state index >= 15 is 0 Å². The highest BCUT2D eigenvalue weighted by atomic mass is 16.2. The van der Waals surface area contributed by atoms with Crippen LogP contribution in [0.4, 0.5) is 0 Å². The molecule has 0 saturated carbocycles.